The number of hydrazine groups is 1. The number of carbonyl (C=O) groups excluding carboxylic acids is 3. The number of amides is 3. The van der Waals surface area contributed by atoms with Crippen molar-refractivity contribution in [2.75, 3.05) is 46.8 Å². The number of nitrogens with zero attached hydrogens (tertiary/aromatic N) is 2. The molecule has 1 aliphatic carbocycles. The van der Waals surface area contributed by atoms with Gasteiger partial charge in [-0.2, -0.15) is 0 Å². The number of carbonyl (C=O) groups is 3. The van der Waals surface area contributed by atoms with Crippen LogP contribution in [0.4, 0.5) is 10.1 Å². The third kappa shape index (κ3) is 16.1. The Labute approximate surface area is 371 Å². The standard InChI is InChI=1S/C29H28ClFN4O3.C8H18.C6H13NO.C4H10O.C2H6/c1-15-8-9-17-14-23(34-28(38-4)24(15)17)19-10-11-21(31)25(26(19)30)18-6-5-7-22(16(18)2)33-27(36)20-12-13-32-35(3)29(20)37;1-4-6-7-8(3)5-2;1-4-5(2)6(8)7-3;1-3-4-5-2;1-2/h5-7,10-12,14-15,32H,8-9,13H2,1-4H3,(H,33,36);8H,4-7H2,1-3H3;5H,4H2,1-3H3,(H,7,8);3-4H2,1-2H3;1-2H3. The molecule has 1 aliphatic heterocycles. The van der Waals surface area contributed by atoms with E-state index in [0.717, 1.165) is 49.3 Å². The van der Waals surface area contributed by atoms with Gasteiger partial charge >= 0.3 is 0 Å². The minimum Gasteiger partial charge on any atom is -0.481 e. The van der Waals surface area contributed by atoms with Crippen molar-refractivity contribution in [3.05, 3.63) is 75.6 Å². The summed E-state index contributed by atoms with van der Waals surface area (Å²) in [5, 5.41) is 6.86. The summed E-state index contributed by atoms with van der Waals surface area (Å²) in [6.45, 7) is 22.0. The van der Waals surface area contributed by atoms with Crippen LogP contribution in [0.5, 0.6) is 5.88 Å². The molecular weight excluding hydrogens is 793 g/mol. The van der Waals surface area contributed by atoms with Crippen molar-refractivity contribution < 1.29 is 28.2 Å². The molecule has 3 unspecified atom stereocenters. The lowest BCUT2D eigenvalue weighted by Crippen LogP contribution is -2.46. The van der Waals surface area contributed by atoms with Gasteiger partial charge in [0, 0.05) is 62.7 Å². The zero-order valence-electron chi connectivity index (χ0n) is 39.5. The Kier molecular flexibility index (Phi) is 26.1. The summed E-state index contributed by atoms with van der Waals surface area (Å²) < 4.78 is 25.6. The number of likely N-dealkylation sites (N-methyl/N-ethyl adjacent to an activating group) is 1. The van der Waals surface area contributed by atoms with Crippen LogP contribution in [0.3, 0.4) is 0 Å². The molecule has 5 rings (SSSR count). The maximum absolute atomic E-state index is 15.3. The monoisotopic (exact) mass is 868 g/mol. The minimum absolute atomic E-state index is 0.0354. The second kappa shape index (κ2) is 29.1. The highest BCUT2D eigenvalue weighted by Gasteiger charge is 2.28. The first-order valence-electron chi connectivity index (χ1n) is 22.0. The molecule has 10 nitrogen and oxygen atoms in total. The number of fused-ring (bicyclic) bond motifs is 1. The molecule has 2 aliphatic rings. The summed E-state index contributed by atoms with van der Waals surface area (Å²) in [6, 6.07) is 10.2. The molecule has 3 atom stereocenters. The van der Waals surface area contributed by atoms with Gasteiger partial charge in [0.05, 0.1) is 17.8 Å². The number of benzene rings is 2. The van der Waals surface area contributed by atoms with Crippen molar-refractivity contribution in [2.45, 2.75) is 127 Å². The van der Waals surface area contributed by atoms with Crippen molar-refractivity contribution in [1.82, 2.24) is 20.7 Å². The lowest BCUT2D eigenvalue weighted by molar-refractivity contribution is -0.131. The Morgan fingerprint density at radius 1 is 1.05 bits per heavy atom. The van der Waals surface area contributed by atoms with E-state index >= 15 is 4.39 Å². The van der Waals surface area contributed by atoms with Crippen LogP contribution in [0.1, 0.15) is 130 Å². The highest BCUT2D eigenvalue weighted by Crippen LogP contribution is 2.44. The molecule has 0 saturated heterocycles. The second-order valence-electron chi connectivity index (χ2n) is 15.2. The molecule has 2 aromatic carbocycles. The molecule has 1 aromatic heterocycles. The van der Waals surface area contributed by atoms with Crippen LogP contribution in [0.2, 0.25) is 5.02 Å². The fourth-order valence-electron chi connectivity index (χ4n) is 6.56. The summed E-state index contributed by atoms with van der Waals surface area (Å²) >= 11 is 6.87. The molecule has 0 fully saturated rings. The number of rotatable bonds is 13. The predicted octanol–water partition coefficient (Wildman–Crippen LogP) is 11.5. The van der Waals surface area contributed by atoms with Gasteiger partial charge in [-0.25, -0.2) is 14.8 Å². The van der Waals surface area contributed by atoms with Crippen LogP contribution in [0.15, 0.2) is 48.0 Å². The molecule has 340 valence electrons. The van der Waals surface area contributed by atoms with E-state index in [9.17, 15) is 14.4 Å². The summed E-state index contributed by atoms with van der Waals surface area (Å²) in [5.74, 6) is 0.714. The van der Waals surface area contributed by atoms with Gasteiger partial charge in [0.2, 0.25) is 11.8 Å². The van der Waals surface area contributed by atoms with Crippen LogP contribution >= 0.6 is 11.6 Å². The number of unbranched alkanes of at least 4 members (excludes halogenated alkanes) is 1. The Morgan fingerprint density at radius 2 is 1.74 bits per heavy atom. The van der Waals surface area contributed by atoms with Gasteiger partial charge in [-0.3, -0.25) is 19.4 Å². The summed E-state index contributed by atoms with van der Waals surface area (Å²) in [7, 11) is 6.53. The maximum atomic E-state index is 15.3. The first-order chi connectivity index (χ1) is 29.1. The SMILES string of the molecule is CC.CCC(C)C(=O)NC.CCCCC(C)CC.CCCOC.COc1nc(-c2ccc(F)c(-c3cccc(NC(=O)C4=CCNN(C)C4=O)c3C)c2Cl)cc2c1C(C)CC2. The Morgan fingerprint density at radius 3 is 2.28 bits per heavy atom. The van der Waals surface area contributed by atoms with Gasteiger partial charge in [0.25, 0.3) is 11.8 Å². The van der Waals surface area contributed by atoms with E-state index in [1.165, 1.54) is 42.8 Å². The lowest BCUT2D eigenvalue weighted by atomic mass is 9.95. The summed E-state index contributed by atoms with van der Waals surface area (Å²) in [4.78, 5) is 40.6. The fraction of sp³-hybridized carbons (Fsp3) is 0.551. The van der Waals surface area contributed by atoms with Crippen molar-refractivity contribution in [3.8, 4) is 28.3 Å². The summed E-state index contributed by atoms with van der Waals surface area (Å²) in [5.41, 5.74) is 8.15. The van der Waals surface area contributed by atoms with Crippen LogP contribution in [-0.2, 0) is 25.5 Å². The van der Waals surface area contributed by atoms with Crippen molar-refractivity contribution >= 4 is 35.0 Å². The van der Waals surface area contributed by atoms with Gasteiger partial charge in [0.15, 0.2) is 0 Å². The van der Waals surface area contributed by atoms with Crippen LogP contribution < -0.4 is 20.8 Å². The van der Waals surface area contributed by atoms with Gasteiger partial charge in [0.1, 0.15) is 11.4 Å². The van der Waals surface area contributed by atoms with Crippen molar-refractivity contribution in [2.24, 2.45) is 11.8 Å². The van der Waals surface area contributed by atoms with Crippen molar-refractivity contribution in [1.29, 1.82) is 0 Å². The van der Waals surface area contributed by atoms with Crippen LogP contribution in [0.25, 0.3) is 22.4 Å². The molecule has 2 heterocycles. The summed E-state index contributed by atoms with van der Waals surface area (Å²) in [6.07, 6.45) is 11.0. The number of aromatic nitrogens is 1. The average Bonchev–Trinajstić information content (AvgIpc) is 3.65. The number of ether oxygens (including phenoxy) is 2. The number of hydrogen-bond acceptors (Lipinski definition) is 7. The van der Waals surface area contributed by atoms with E-state index in [4.69, 9.17) is 26.1 Å². The van der Waals surface area contributed by atoms with E-state index in [0.29, 0.717) is 46.4 Å². The number of methoxy groups -OCH3 is 2. The van der Waals surface area contributed by atoms with Gasteiger partial charge < -0.3 is 20.1 Å². The molecule has 3 aromatic rings. The second-order valence-corrected chi connectivity index (χ2v) is 15.5. The first kappa shape index (κ1) is 54.7. The van der Waals surface area contributed by atoms with Gasteiger partial charge in [-0.15, -0.1) is 0 Å². The Bertz CT molecular complexity index is 1870. The average molecular weight is 869 g/mol. The third-order valence-electron chi connectivity index (χ3n) is 10.7. The van der Waals surface area contributed by atoms with E-state index in [1.54, 1.807) is 59.5 Å². The molecule has 61 heavy (non-hydrogen) atoms. The number of anilines is 1. The zero-order chi connectivity index (χ0) is 46.2. The molecule has 3 amide bonds. The van der Waals surface area contributed by atoms with Crippen LogP contribution in [0, 0.1) is 24.6 Å². The quantitative estimate of drug-likeness (QED) is 0.146. The highest BCUT2D eigenvalue weighted by molar-refractivity contribution is 6.36. The molecule has 3 N–H and O–H groups in total. The smallest absolute Gasteiger partial charge is 0.273 e. The molecule has 0 spiro atoms. The normalized spacial score (nSPS) is 14.8. The first-order valence-corrected chi connectivity index (χ1v) is 22.4. The molecule has 0 bridgehead atoms. The zero-order valence-corrected chi connectivity index (χ0v) is 40.3. The number of nitrogens with one attached hydrogen (secondary N) is 3. The Balaban J connectivity index is 0.000000664. The fourth-order valence-corrected chi connectivity index (χ4v) is 6.91. The maximum Gasteiger partial charge on any atom is 0.273 e. The molecule has 0 radical (unpaired) electrons. The third-order valence-corrected chi connectivity index (χ3v) is 11.1. The number of halogens is 2. The predicted molar refractivity (Wildman–Crippen MR) is 252 cm³/mol. The molecule has 0 saturated carbocycles. The van der Waals surface area contributed by atoms with E-state index in [1.807, 2.05) is 33.8 Å². The van der Waals surface area contributed by atoms with E-state index in [2.05, 4.69) is 50.7 Å². The van der Waals surface area contributed by atoms with Gasteiger partial charge in [-0.1, -0.05) is 118 Å². The minimum atomic E-state index is -0.535. The van der Waals surface area contributed by atoms with E-state index in [-0.39, 0.29) is 28.0 Å². The number of pyridine rings is 1. The largest absolute Gasteiger partial charge is 0.481 e. The highest BCUT2D eigenvalue weighted by atomic mass is 35.5. The van der Waals surface area contributed by atoms with Gasteiger partial charge in [-0.05, 0) is 85.4 Å². The number of hydrogen-bond donors (Lipinski definition) is 3. The number of aryl methyl sites for hydroxylation is 1. The Hall–Kier alpha value is -4.32. The lowest BCUT2D eigenvalue weighted by Gasteiger charge is -2.23. The van der Waals surface area contributed by atoms with Crippen molar-refractivity contribution in [3.63, 3.8) is 0 Å². The molecular formula is C49H75ClFN5O5. The molecule has 12 heteroatoms. The topological polar surface area (TPSA) is 122 Å². The van der Waals surface area contributed by atoms with E-state index < -0.39 is 17.6 Å². The van der Waals surface area contributed by atoms with Crippen LogP contribution in [-0.4, -0.2) is 69.2 Å².